The molecule has 0 unspecified atom stereocenters. The van der Waals surface area contributed by atoms with E-state index in [0.29, 0.717) is 33.3 Å². The number of thiophene rings is 1. The summed E-state index contributed by atoms with van der Waals surface area (Å²) in [4.78, 5) is 25.8. The van der Waals surface area contributed by atoms with E-state index in [9.17, 15) is 9.59 Å². The average Bonchev–Trinajstić information content (AvgIpc) is 3.24. The van der Waals surface area contributed by atoms with Gasteiger partial charge in [0.1, 0.15) is 17.1 Å². The zero-order valence-corrected chi connectivity index (χ0v) is 16.6. The van der Waals surface area contributed by atoms with Crippen molar-refractivity contribution in [2.45, 2.75) is 6.92 Å². The number of hydrogen-bond acceptors (Lipinski definition) is 5. The van der Waals surface area contributed by atoms with E-state index >= 15 is 0 Å². The fourth-order valence-electron chi connectivity index (χ4n) is 2.69. The molecule has 3 aromatic rings. The number of rotatable bonds is 6. The van der Waals surface area contributed by atoms with Crippen molar-refractivity contribution in [2.75, 3.05) is 24.9 Å². The Kier molecular flexibility index (Phi) is 5.96. The smallest absolute Gasteiger partial charge is 0.265 e. The number of carbonyl (C=O) groups is 2. The Bertz CT molecular complexity index is 977. The largest absolute Gasteiger partial charge is 0.496 e. The minimum Gasteiger partial charge on any atom is -0.496 e. The molecule has 6 nitrogen and oxygen atoms in total. The van der Waals surface area contributed by atoms with Crippen LogP contribution in [0.1, 0.15) is 25.6 Å². The van der Waals surface area contributed by atoms with Crippen LogP contribution in [-0.2, 0) is 0 Å². The fraction of sp³-hybridized carbons (Fsp3) is 0.143. The first kappa shape index (κ1) is 19.4. The highest BCUT2D eigenvalue weighted by Crippen LogP contribution is 2.30. The van der Waals surface area contributed by atoms with Crippen molar-refractivity contribution < 1.29 is 19.1 Å². The van der Waals surface area contributed by atoms with Crippen molar-refractivity contribution >= 4 is 34.5 Å². The van der Waals surface area contributed by atoms with Gasteiger partial charge in [-0.3, -0.25) is 9.59 Å². The molecular weight excluding hydrogens is 376 g/mol. The monoisotopic (exact) mass is 396 g/mol. The molecule has 0 atom stereocenters. The van der Waals surface area contributed by atoms with Gasteiger partial charge >= 0.3 is 0 Å². The molecule has 0 aliphatic rings. The normalized spacial score (nSPS) is 10.2. The Balaban J connectivity index is 1.85. The van der Waals surface area contributed by atoms with E-state index in [-0.39, 0.29) is 11.8 Å². The van der Waals surface area contributed by atoms with Crippen LogP contribution >= 0.6 is 11.3 Å². The molecule has 2 amide bonds. The topological polar surface area (TPSA) is 76.7 Å². The highest BCUT2D eigenvalue weighted by molar-refractivity contribution is 7.12. The second-order valence-electron chi connectivity index (χ2n) is 5.95. The summed E-state index contributed by atoms with van der Waals surface area (Å²) in [6, 6.07) is 14.1. The average molecular weight is 396 g/mol. The molecule has 0 fully saturated rings. The van der Waals surface area contributed by atoms with E-state index in [1.165, 1.54) is 25.6 Å². The number of carbonyl (C=O) groups excluding carboxylic acids is 2. The third-order valence-corrected chi connectivity index (χ3v) is 5.01. The van der Waals surface area contributed by atoms with Crippen LogP contribution in [0.2, 0.25) is 0 Å². The molecule has 2 aromatic carbocycles. The molecule has 28 heavy (non-hydrogen) atoms. The van der Waals surface area contributed by atoms with Gasteiger partial charge in [-0.2, -0.15) is 0 Å². The van der Waals surface area contributed by atoms with Gasteiger partial charge in [-0.25, -0.2) is 0 Å². The van der Waals surface area contributed by atoms with Crippen LogP contribution in [0, 0.1) is 6.92 Å². The summed E-state index contributed by atoms with van der Waals surface area (Å²) in [6.07, 6.45) is 0. The summed E-state index contributed by atoms with van der Waals surface area (Å²) >= 11 is 1.36. The van der Waals surface area contributed by atoms with Crippen LogP contribution in [-0.4, -0.2) is 26.0 Å². The number of methoxy groups -OCH3 is 2. The fourth-order valence-corrected chi connectivity index (χ4v) is 3.31. The van der Waals surface area contributed by atoms with Crippen molar-refractivity contribution in [3.63, 3.8) is 0 Å². The van der Waals surface area contributed by atoms with E-state index < -0.39 is 0 Å². The number of amides is 2. The standard InChI is InChI=1S/C21H20N2O4S/c1-13-9-10-14(22-20(24)18-8-5-11-28-18)12-15(13)23-21(25)19-16(26-2)6-4-7-17(19)27-3/h4-12H,1-3H3,(H,22,24)(H,23,25). The first-order valence-electron chi connectivity index (χ1n) is 8.51. The van der Waals surface area contributed by atoms with Gasteiger partial charge in [0, 0.05) is 11.4 Å². The van der Waals surface area contributed by atoms with E-state index in [1.807, 2.05) is 24.4 Å². The lowest BCUT2D eigenvalue weighted by atomic mass is 10.1. The summed E-state index contributed by atoms with van der Waals surface area (Å²) in [6.45, 7) is 1.87. The molecule has 0 saturated heterocycles. The van der Waals surface area contributed by atoms with Gasteiger partial charge in [0.05, 0.1) is 19.1 Å². The predicted molar refractivity (Wildman–Crippen MR) is 111 cm³/mol. The zero-order valence-electron chi connectivity index (χ0n) is 15.7. The summed E-state index contributed by atoms with van der Waals surface area (Å²) in [5, 5.41) is 7.56. The number of benzene rings is 2. The molecule has 0 spiro atoms. The number of hydrogen-bond donors (Lipinski definition) is 2. The van der Waals surface area contributed by atoms with Crippen molar-refractivity contribution in [3.05, 3.63) is 69.9 Å². The maximum Gasteiger partial charge on any atom is 0.265 e. The Hall–Kier alpha value is -3.32. The highest BCUT2D eigenvalue weighted by atomic mass is 32.1. The SMILES string of the molecule is COc1cccc(OC)c1C(=O)Nc1cc(NC(=O)c2cccs2)ccc1C. The molecule has 144 valence electrons. The van der Waals surface area contributed by atoms with E-state index in [0.717, 1.165) is 5.56 Å². The van der Waals surface area contributed by atoms with Crippen LogP contribution in [0.15, 0.2) is 53.9 Å². The van der Waals surface area contributed by atoms with Gasteiger partial charge in [-0.05, 0) is 48.2 Å². The molecular formula is C21H20N2O4S. The second kappa shape index (κ2) is 8.58. The summed E-state index contributed by atoms with van der Waals surface area (Å²) in [7, 11) is 3.00. The molecule has 0 saturated carbocycles. The molecule has 0 radical (unpaired) electrons. The van der Waals surface area contributed by atoms with Crippen LogP contribution < -0.4 is 20.1 Å². The maximum absolute atomic E-state index is 12.9. The van der Waals surface area contributed by atoms with Crippen molar-refractivity contribution in [1.82, 2.24) is 0 Å². The van der Waals surface area contributed by atoms with Gasteiger partial charge in [-0.1, -0.05) is 18.2 Å². The summed E-state index contributed by atoms with van der Waals surface area (Å²) in [5.41, 5.74) is 2.34. The molecule has 1 heterocycles. The first-order valence-corrected chi connectivity index (χ1v) is 9.39. The first-order chi connectivity index (χ1) is 13.5. The molecule has 2 N–H and O–H groups in total. The number of ether oxygens (including phenoxy) is 2. The molecule has 1 aromatic heterocycles. The van der Waals surface area contributed by atoms with Gasteiger partial charge in [0.2, 0.25) is 0 Å². The molecule has 7 heteroatoms. The highest BCUT2D eigenvalue weighted by Gasteiger charge is 2.19. The molecule has 0 aliphatic heterocycles. The van der Waals surface area contributed by atoms with E-state index in [1.54, 1.807) is 36.4 Å². The van der Waals surface area contributed by atoms with Crippen molar-refractivity contribution in [2.24, 2.45) is 0 Å². The summed E-state index contributed by atoms with van der Waals surface area (Å²) in [5.74, 6) is 0.273. The number of aryl methyl sites for hydroxylation is 1. The third kappa shape index (κ3) is 4.15. The Morgan fingerprint density at radius 3 is 2.21 bits per heavy atom. The quantitative estimate of drug-likeness (QED) is 0.639. The molecule has 0 bridgehead atoms. The van der Waals surface area contributed by atoms with Crippen LogP contribution in [0.4, 0.5) is 11.4 Å². The third-order valence-electron chi connectivity index (χ3n) is 4.14. The second-order valence-corrected chi connectivity index (χ2v) is 6.90. The van der Waals surface area contributed by atoms with Crippen molar-refractivity contribution in [3.8, 4) is 11.5 Å². The Morgan fingerprint density at radius 2 is 1.61 bits per heavy atom. The zero-order chi connectivity index (χ0) is 20.1. The van der Waals surface area contributed by atoms with Crippen molar-refractivity contribution in [1.29, 1.82) is 0 Å². The maximum atomic E-state index is 12.9. The minimum atomic E-state index is -0.362. The lowest BCUT2D eigenvalue weighted by molar-refractivity contribution is 0.101. The lowest BCUT2D eigenvalue weighted by Gasteiger charge is -2.15. The lowest BCUT2D eigenvalue weighted by Crippen LogP contribution is -2.16. The number of nitrogens with one attached hydrogen (secondary N) is 2. The minimum absolute atomic E-state index is 0.192. The Labute approximate surface area is 167 Å². The number of anilines is 2. The van der Waals surface area contributed by atoms with Gasteiger partial charge in [0.25, 0.3) is 11.8 Å². The van der Waals surface area contributed by atoms with Gasteiger partial charge < -0.3 is 20.1 Å². The molecule has 0 aliphatic carbocycles. The Morgan fingerprint density at radius 1 is 0.893 bits per heavy atom. The van der Waals surface area contributed by atoms with E-state index in [2.05, 4.69) is 10.6 Å². The predicted octanol–water partition coefficient (Wildman–Crippen LogP) is 4.58. The van der Waals surface area contributed by atoms with Gasteiger partial charge in [0.15, 0.2) is 0 Å². The summed E-state index contributed by atoms with van der Waals surface area (Å²) < 4.78 is 10.6. The molecule has 3 rings (SSSR count). The van der Waals surface area contributed by atoms with Crippen LogP contribution in [0.25, 0.3) is 0 Å². The van der Waals surface area contributed by atoms with Crippen LogP contribution in [0.3, 0.4) is 0 Å². The van der Waals surface area contributed by atoms with E-state index in [4.69, 9.17) is 9.47 Å². The van der Waals surface area contributed by atoms with Crippen LogP contribution in [0.5, 0.6) is 11.5 Å². The van der Waals surface area contributed by atoms with Gasteiger partial charge in [-0.15, -0.1) is 11.3 Å².